The third kappa shape index (κ3) is 4.15. The van der Waals surface area contributed by atoms with E-state index in [9.17, 15) is 9.59 Å². The molecule has 0 fully saturated rings. The fourth-order valence-corrected chi connectivity index (χ4v) is 2.78. The minimum Gasteiger partial charge on any atom is -0.495 e. The average molecular weight is 361 g/mol. The number of carbonyl (C=O) groups excluding carboxylic acids is 2. The number of nitrogen functional groups attached to an aromatic ring is 1. The second-order valence-electron chi connectivity index (χ2n) is 5.92. The Hall–Kier alpha value is -3.60. The molecule has 5 nitrogen and oxygen atoms in total. The van der Waals surface area contributed by atoms with Crippen molar-refractivity contribution in [2.75, 3.05) is 12.8 Å². The Balaban J connectivity index is 1.82. The Bertz CT molecular complexity index is 967. The minimum atomic E-state index is -0.814. The molecule has 0 radical (unpaired) electrons. The molecular weight excluding hydrogens is 342 g/mol. The lowest BCUT2D eigenvalue weighted by Gasteiger charge is -2.11. The van der Waals surface area contributed by atoms with Gasteiger partial charge in [-0.15, -0.1) is 0 Å². The van der Waals surface area contributed by atoms with Crippen molar-refractivity contribution in [2.24, 2.45) is 0 Å². The lowest BCUT2D eigenvalue weighted by atomic mass is 10.00. The van der Waals surface area contributed by atoms with Gasteiger partial charge in [-0.2, -0.15) is 0 Å². The molecule has 0 heterocycles. The smallest absolute Gasteiger partial charge is 0.348 e. The van der Waals surface area contributed by atoms with Crippen LogP contribution in [0.15, 0.2) is 72.8 Å². The van der Waals surface area contributed by atoms with Crippen LogP contribution < -0.4 is 10.5 Å². The highest BCUT2D eigenvalue weighted by molar-refractivity contribution is 6.06. The summed E-state index contributed by atoms with van der Waals surface area (Å²) >= 11 is 0. The maximum Gasteiger partial charge on any atom is 0.348 e. The number of carbonyl (C=O) groups is 2. The first kappa shape index (κ1) is 18.2. The van der Waals surface area contributed by atoms with Gasteiger partial charge in [-0.25, -0.2) is 9.59 Å². The van der Waals surface area contributed by atoms with Crippen LogP contribution in [0.3, 0.4) is 0 Å². The molecule has 0 amide bonds. The van der Waals surface area contributed by atoms with Gasteiger partial charge in [-0.1, -0.05) is 54.6 Å². The van der Waals surface area contributed by atoms with Crippen LogP contribution in [0.1, 0.15) is 31.8 Å². The number of nitrogens with two attached hydrogens (primary N) is 1. The van der Waals surface area contributed by atoms with Gasteiger partial charge in [-0.05, 0) is 35.7 Å². The number of benzene rings is 3. The lowest BCUT2D eigenvalue weighted by molar-refractivity contribution is 0.0398. The highest BCUT2D eigenvalue weighted by Gasteiger charge is 2.20. The summed E-state index contributed by atoms with van der Waals surface area (Å²) < 4.78 is 10.2. The van der Waals surface area contributed by atoms with Crippen molar-refractivity contribution < 1.29 is 19.1 Å². The van der Waals surface area contributed by atoms with Gasteiger partial charge in [0.25, 0.3) is 0 Å². The van der Waals surface area contributed by atoms with E-state index in [1.54, 1.807) is 24.3 Å². The molecule has 3 aromatic carbocycles. The van der Waals surface area contributed by atoms with E-state index < -0.39 is 11.9 Å². The van der Waals surface area contributed by atoms with E-state index in [1.165, 1.54) is 13.2 Å². The van der Waals surface area contributed by atoms with E-state index in [0.717, 1.165) is 11.1 Å². The standard InChI is InChI=1S/C22H19NO4/c1-26-19-13-7-12-18(20(19)23)22(25)27-21(24)17-11-6-5-10-16(17)14-15-8-3-2-4-9-15/h2-13H,14,23H2,1H3. The molecule has 2 N–H and O–H groups in total. The van der Waals surface area contributed by atoms with Crippen LogP contribution in [0.2, 0.25) is 0 Å². The molecule has 0 atom stereocenters. The van der Waals surface area contributed by atoms with Gasteiger partial charge in [0.05, 0.1) is 23.9 Å². The van der Waals surface area contributed by atoms with Gasteiger partial charge < -0.3 is 15.2 Å². The molecule has 0 saturated carbocycles. The van der Waals surface area contributed by atoms with Crippen molar-refractivity contribution in [2.45, 2.75) is 6.42 Å². The third-order valence-corrected chi connectivity index (χ3v) is 4.17. The second-order valence-corrected chi connectivity index (χ2v) is 5.92. The quantitative estimate of drug-likeness (QED) is 0.424. The molecule has 0 aliphatic rings. The highest BCUT2D eigenvalue weighted by atomic mass is 16.6. The van der Waals surface area contributed by atoms with Crippen LogP contribution in [0.4, 0.5) is 5.69 Å². The van der Waals surface area contributed by atoms with Crippen molar-refractivity contribution in [3.63, 3.8) is 0 Å². The average Bonchev–Trinajstić information content (AvgIpc) is 2.69. The topological polar surface area (TPSA) is 78.6 Å². The summed E-state index contributed by atoms with van der Waals surface area (Å²) in [4.78, 5) is 25.0. The maximum atomic E-state index is 12.6. The van der Waals surface area contributed by atoms with Gasteiger partial charge in [0.15, 0.2) is 0 Å². The molecule has 5 heteroatoms. The van der Waals surface area contributed by atoms with Crippen molar-refractivity contribution in [1.29, 1.82) is 0 Å². The van der Waals surface area contributed by atoms with Crippen molar-refractivity contribution in [3.8, 4) is 5.75 Å². The van der Waals surface area contributed by atoms with Gasteiger partial charge in [0, 0.05) is 0 Å². The summed E-state index contributed by atoms with van der Waals surface area (Å²) in [6.45, 7) is 0. The normalized spacial score (nSPS) is 10.3. The number of rotatable bonds is 5. The summed E-state index contributed by atoms with van der Waals surface area (Å²) in [6.07, 6.45) is 0.557. The summed E-state index contributed by atoms with van der Waals surface area (Å²) in [7, 11) is 1.45. The van der Waals surface area contributed by atoms with Crippen LogP contribution in [-0.2, 0) is 11.2 Å². The van der Waals surface area contributed by atoms with E-state index in [4.69, 9.17) is 15.2 Å². The van der Waals surface area contributed by atoms with E-state index in [2.05, 4.69) is 0 Å². The Morgan fingerprint density at radius 2 is 1.44 bits per heavy atom. The number of hydrogen-bond acceptors (Lipinski definition) is 5. The molecule has 0 unspecified atom stereocenters. The largest absolute Gasteiger partial charge is 0.495 e. The zero-order chi connectivity index (χ0) is 19.2. The summed E-state index contributed by atoms with van der Waals surface area (Å²) in [5.41, 5.74) is 8.30. The van der Waals surface area contributed by atoms with Gasteiger partial charge in [0.1, 0.15) is 5.75 Å². The SMILES string of the molecule is COc1cccc(C(=O)OC(=O)c2ccccc2Cc2ccccc2)c1N. The summed E-state index contributed by atoms with van der Waals surface area (Å²) in [5.74, 6) is -1.18. The zero-order valence-corrected chi connectivity index (χ0v) is 14.8. The predicted molar refractivity (Wildman–Crippen MR) is 103 cm³/mol. The van der Waals surface area contributed by atoms with E-state index >= 15 is 0 Å². The first-order valence-electron chi connectivity index (χ1n) is 8.41. The van der Waals surface area contributed by atoms with E-state index in [0.29, 0.717) is 17.7 Å². The minimum absolute atomic E-state index is 0.0863. The fourth-order valence-electron chi connectivity index (χ4n) is 2.78. The van der Waals surface area contributed by atoms with Gasteiger partial charge in [-0.3, -0.25) is 0 Å². The van der Waals surface area contributed by atoms with Crippen LogP contribution in [-0.4, -0.2) is 19.0 Å². The Kier molecular flexibility index (Phi) is 5.52. The van der Waals surface area contributed by atoms with Gasteiger partial charge in [0.2, 0.25) is 0 Å². The highest BCUT2D eigenvalue weighted by Crippen LogP contribution is 2.26. The fraction of sp³-hybridized carbons (Fsp3) is 0.0909. The predicted octanol–water partition coefficient (Wildman–Crippen LogP) is 3.87. The monoisotopic (exact) mass is 361 g/mol. The molecule has 0 saturated heterocycles. The number of hydrogen-bond donors (Lipinski definition) is 1. The Morgan fingerprint density at radius 1 is 0.815 bits per heavy atom. The second kappa shape index (κ2) is 8.19. The summed E-state index contributed by atoms with van der Waals surface area (Å²) in [5, 5.41) is 0. The Labute approximate surface area is 157 Å². The molecule has 0 aliphatic heterocycles. The van der Waals surface area contributed by atoms with Crippen molar-refractivity contribution in [1.82, 2.24) is 0 Å². The molecule has 0 bridgehead atoms. The Morgan fingerprint density at radius 3 is 2.19 bits per heavy atom. The molecular formula is C22H19NO4. The third-order valence-electron chi connectivity index (χ3n) is 4.17. The van der Waals surface area contributed by atoms with E-state index in [1.807, 2.05) is 42.5 Å². The number of esters is 2. The number of ether oxygens (including phenoxy) is 2. The molecule has 0 spiro atoms. The van der Waals surface area contributed by atoms with Crippen LogP contribution in [0.5, 0.6) is 5.75 Å². The number of para-hydroxylation sites is 1. The van der Waals surface area contributed by atoms with Gasteiger partial charge >= 0.3 is 11.9 Å². The van der Waals surface area contributed by atoms with Crippen LogP contribution >= 0.6 is 0 Å². The number of methoxy groups -OCH3 is 1. The molecule has 3 rings (SSSR count). The van der Waals surface area contributed by atoms with Crippen LogP contribution in [0, 0.1) is 0 Å². The maximum absolute atomic E-state index is 12.6. The van der Waals surface area contributed by atoms with E-state index in [-0.39, 0.29) is 11.3 Å². The molecule has 0 aliphatic carbocycles. The summed E-state index contributed by atoms with van der Waals surface area (Å²) in [6, 6.07) is 21.5. The molecule has 0 aromatic heterocycles. The first-order valence-corrected chi connectivity index (χ1v) is 8.41. The molecule has 27 heavy (non-hydrogen) atoms. The first-order chi connectivity index (χ1) is 13.1. The molecule has 3 aromatic rings. The van der Waals surface area contributed by atoms with Crippen molar-refractivity contribution in [3.05, 3.63) is 95.1 Å². The molecule has 136 valence electrons. The van der Waals surface area contributed by atoms with Crippen molar-refractivity contribution >= 4 is 17.6 Å². The van der Waals surface area contributed by atoms with Crippen LogP contribution in [0.25, 0.3) is 0 Å². The number of anilines is 1. The zero-order valence-electron chi connectivity index (χ0n) is 14.8. The lowest BCUT2D eigenvalue weighted by Crippen LogP contribution is -2.16.